The zero-order valence-corrected chi connectivity index (χ0v) is 26.9. The Kier molecular flexibility index (Phi) is 6.09. The van der Waals surface area contributed by atoms with Gasteiger partial charge in [-0.2, -0.15) is 15.2 Å². The number of rotatable bonds is 4. The fourth-order valence-electron chi connectivity index (χ4n) is 9.05. The third kappa shape index (κ3) is 3.97. The van der Waals surface area contributed by atoms with Gasteiger partial charge in [0.25, 0.3) is 0 Å². The van der Waals surface area contributed by atoms with Gasteiger partial charge in [-0.05, 0) is 43.9 Å². The number of ether oxygens (including phenoxy) is 2. The molecule has 240 valence electrons. The summed E-state index contributed by atoms with van der Waals surface area (Å²) in [4.78, 5) is 18.1. The number of aromatic nitrogens is 3. The van der Waals surface area contributed by atoms with E-state index in [-0.39, 0.29) is 46.8 Å². The molecular weight excluding hydrogens is 644 g/mol. The number of thiophene rings is 1. The molecule has 4 saturated heterocycles. The van der Waals surface area contributed by atoms with Gasteiger partial charge in [-0.25, -0.2) is 8.78 Å². The van der Waals surface area contributed by atoms with Gasteiger partial charge in [0, 0.05) is 58.8 Å². The predicted octanol–water partition coefficient (Wildman–Crippen LogP) is 6.31. The van der Waals surface area contributed by atoms with Crippen molar-refractivity contribution in [3.8, 4) is 29.0 Å². The van der Waals surface area contributed by atoms with Crippen LogP contribution in [0.25, 0.3) is 42.3 Å². The van der Waals surface area contributed by atoms with E-state index < -0.39 is 17.5 Å². The van der Waals surface area contributed by atoms with E-state index in [1.165, 1.54) is 11.3 Å². The molecule has 0 radical (unpaired) electrons. The van der Waals surface area contributed by atoms with E-state index >= 15 is 4.39 Å². The number of hydrogen-bond acceptors (Lipinski definition) is 9. The van der Waals surface area contributed by atoms with E-state index in [2.05, 4.69) is 26.2 Å². The Morgan fingerprint density at radius 1 is 1.21 bits per heavy atom. The summed E-state index contributed by atoms with van der Waals surface area (Å²) in [5.74, 6) is 0.297. The van der Waals surface area contributed by atoms with Crippen molar-refractivity contribution in [2.45, 2.75) is 61.9 Å². The van der Waals surface area contributed by atoms with Crippen molar-refractivity contribution in [3.05, 3.63) is 40.8 Å². The number of nitrogens with zero attached hydrogens (tertiary/aromatic N) is 5. The van der Waals surface area contributed by atoms with Crippen molar-refractivity contribution in [2.75, 3.05) is 37.7 Å². The first kappa shape index (κ1) is 28.3. The SMILES string of the molecule is N#Cc1c[nH]c2sc3cccc(-c4c(Cl)c5c6c(nc(OC[C@@]78CCCN7C[C@@H](F)C8)nc6c4F)N4C[C@H]6CC[C@H](N6)[C@H]4CO5)c3c12. The number of nitriles is 1. The molecule has 5 aliphatic heterocycles. The second-order valence-electron chi connectivity index (χ2n) is 13.6. The van der Waals surface area contributed by atoms with E-state index in [0.717, 1.165) is 52.5 Å². The van der Waals surface area contributed by atoms with Crippen molar-refractivity contribution < 1.29 is 18.3 Å². The van der Waals surface area contributed by atoms with E-state index in [0.29, 0.717) is 54.2 Å². The lowest BCUT2D eigenvalue weighted by Crippen LogP contribution is -2.60. The highest BCUT2D eigenvalue weighted by molar-refractivity contribution is 7.25. The maximum atomic E-state index is 17.3. The van der Waals surface area contributed by atoms with Crippen LogP contribution >= 0.6 is 22.9 Å². The summed E-state index contributed by atoms with van der Waals surface area (Å²) in [7, 11) is 0. The minimum Gasteiger partial charge on any atom is -0.489 e. The Morgan fingerprint density at radius 2 is 2.13 bits per heavy atom. The summed E-state index contributed by atoms with van der Waals surface area (Å²) in [6.45, 7) is 2.51. The maximum absolute atomic E-state index is 17.3. The zero-order chi connectivity index (χ0) is 31.6. The van der Waals surface area contributed by atoms with Crippen molar-refractivity contribution in [3.63, 3.8) is 0 Å². The number of piperazine rings is 1. The van der Waals surface area contributed by atoms with Gasteiger partial charge < -0.3 is 24.7 Å². The Balaban J connectivity index is 1.19. The van der Waals surface area contributed by atoms with Crippen LogP contribution in [0, 0.1) is 17.1 Å². The van der Waals surface area contributed by atoms with Crippen LogP contribution in [0.15, 0.2) is 24.4 Å². The first-order chi connectivity index (χ1) is 22.9. The van der Waals surface area contributed by atoms with E-state index in [9.17, 15) is 9.65 Å². The molecule has 5 aromatic rings. The molecule has 2 N–H and O–H groups in total. The molecule has 0 aliphatic carbocycles. The number of hydrogen-bond donors (Lipinski definition) is 2. The van der Waals surface area contributed by atoms with Crippen molar-refractivity contribution >= 4 is 60.0 Å². The molecule has 3 aromatic heterocycles. The average molecular weight is 674 g/mol. The molecule has 4 fully saturated rings. The van der Waals surface area contributed by atoms with Crippen LogP contribution in [0.5, 0.6) is 11.8 Å². The predicted molar refractivity (Wildman–Crippen MR) is 177 cm³/mol. The Hall–Kier alpha value is -3.76. The number of fused-ring (bicyclic) bond motifs is 9. The van der Waals surface area contributed by atoms with Crippen LogP contribution in [-0.2, 0) is 0 Å². The number of anilines is 1. The number of nitrogens with one attached hydrogen (secondary N) is 2. The summed E-state index contributed by atoms with van der Waals surface area (Å²) in [6.07, 6.45) is 5.06. The second kappa shape index (κ2) is 10.1. The minimum atomic E-state index is -0.895. The van der Waals surface area contributed by atoms with Crippen LogP contribution in [0.4, 0.5) is 14.6 Å². The molecule has 8 heterocycles. The van der Waals surface area contributed by atoms with Gasteiger partial charge in [-0.1, -0.05) is 23.7 Å². The summed E-state index contributed by atoms with van der Waals surface area (Å²) >= 11 is 8.72. The van der Waals surface area contributed by atoms with Crippen LogP contribution in [0.2, 0.25) is 5.02 Å². The number of halogens is 3. The summed E-state index contributed by atoms with van der Waals surface area (Å²) in [6, 6.07) is 8.42. The first-order valence-electron chi connectivity index (χ1n) is 16.3. The minimum absolute atomic E-state index is 0.0429. The molecule has 0 saturated carbocycles. The molecule has 0 spiro atoms. The lowest BCUT2D eigenvalue weighted by atomic mass is 9.95. The largest absolute Gasteiger partial charge is 0.489 e. The molecule has 0 amide bonds. The standard InChI is InChI=1S/C34H30ClF2N7O2S/c35-27-25(19-3-1-4-22-24(19)23-16(10-38)11-39-32(23)47-22)28(37)29-26-30(27)45-14-21-20-6-5-18(40-20)13-44(21)31(26)42-33(41-29)46-15-34-7-2-8-43(34)12-17(36)9-34/h1,3-4,11,17-18,20-21,39-40H,2,5-9,12-15H2/t17-,18+,20-,21+,34-/m0/s1. The Bertz CT molecular complexity index is 2180. The number of aromatic amines is 1. The lowest BCUT2D eigenvalue weighted by molar-refractivity contribution is 0.107. The molecular formula is C34H30ClF2N7O2S. The molecule has 10 rings (SSSR count). The summed E-state index contributed by atoms with van der Waals surface area (Å²) < 4.78 is 45.7. The fraction of sp³-hybridized carbons (Fsp3) is 0.441. The molecule has 5 aliphatic rings. The Morgan fingerprint density at radius 3 is 3.02 bits per heavy atom. The molecule has 5 atom stereocenters. The molecule has 47 heavy (non-hydrogen) atoms. The second-order valence-corrected chi connectivity index (χ2v) is 15.1. The van der Waals surface area contributed by atoms with Gasteiger partial charge in [0.15, 0.2) is 11.6 Å². The normalized spacial score (nSPS) is 28.1. The molecule has 9 nitrogen and oxygen atoms in total. The van der Waals surface area contributed by atoms with E-state index in [1.807, 2.05) is 18.2 Å². The quantitative estimate of drug-likeness (QED) is 0.229. The van der Waals surface area contributed by atoms with Crippen LogP contribution < -0.4 is 19.7 Å². The van der Waals surface area contributed by atoms with Crippen molar-refractivity contribution in [2.24, 2.45) is 0 Å². The highest BCUT2D eigenvalue weighted by Crippen LogP contribution is 2.52. The maximum Gasteiger partial charge on any atom is 0.319 e. The van der Waals surface area contributed by atoms with E-state index in [1.54, 1.807) is 6.20 Å². The van der Waals surface area contributed by atoms with Crippen molar-refractivity contribution in [1.29, 1.82) is 5.26 Å². The van der Waals surface area contributed by atoms with Gasteiger partial charge in [-0.15, -0.1) is 11.3 Å². The lowest BCUT2D eigenvalue weighted by Gasteiger charge is -2.40. The van der Waals surface area contributed by atoms with Gasteiger partial charge in [0.1, 0.15) is 41.6 Å². The molecule has 0 unspecified atom stereocenters. The number of benzene rings is 2. The molecule has 2 aromatic carbocycles. The summed E-state index contributed by atoms with van der Waals surface area (Å²) in [5, 5.41) is 15.7. The van der Waals surface area contributed by atoms with Crippen molar-refractivity contribution in [1.82, 2.24) is 25.2 Å². The van der Waals surface area contributed by atoms with Crippen LogP contribution in [-0.4, -0.2) is 82.5 Å². The van der Waals surface area contributed by atoms with Gasteiger partial charge in [0.2, 0.25) is 0 Å². The monoisotopic (exact) mass is 673 g/mol. The van der Waals surface area contributed by atoms with Crippen LogP contribution in [0.3, 0.4) is 0 Å². The molecule has 13 heteroatoms. The third-order valence-electron chi connectivity index (χ3n) is 11.1. The summed E-state index contributed by atoms with van der Waals surface area (Å²) in [5.41, 5.74) is 0.860. The number of H-pyrrole nitrogens is 1. The van der Waals surface area contributed by atoms with Gasteiger partial charge in [-0.3, -0.25) is 4.90 Å². The van der Waals surface area contributed by atoms with Gasteiger partial charge >= 0.3 is 6.01 Å². The Labute approximate surface area is 277 Å². The smallest absolute Gasteiger partial charge is 0.319 e. The molecule has 2 bridgehead atoms. The third-order valence-corrected chi connectivity index (χ3v) is 12.6. The average Bonchev–Trinajstić information content (AvgIpc) is 3.86. The zero-order valence-electron chi connectivity index (χ0n) is 25.3. The fourth-order valence-corrected chi connectivity index (χ4v) is 10.5. The number of alkyl halides is 1. The van der Waals surface area contributed by atoms with Gasteiger partial charge in [0.05, 0.1) is 27.6 Å². The van der Waals surface area contributed by atoms with Crippen LogP contribution in [0.1, 0.15) is 37.7 Å². The highest BCUT2D eigenvalue weighted by Gasteiger charge is 2.50. The first-order valence-corrected chi connectivity index (χ1v) is 17.4. The topological polar surface area (TPSA) is 102 Å². The van der Waals surface area contributed by atoms with E-state index in [4.69, 9.17) is 31.0 Å². The highest BCUT2D eigenvalue weighted by atomic mass is 35.5.